The van der Waals surface area contributed by atoms with Gasteiger partial charge in [-0.15, -0.1) is 0 Å². The van der Waals surface area contributed by atoms with Gasteiger partial charge >= 0.3 is 6.09 Å². The van der Waals surface area contributed by atoms with Gasteiger partial charge in [-0.3, -0.25) is 10.2 Å². The summed E-state index contributed by atoms with van der Waals surface area (Å²) in [4.78, 5) is 17.2. The summed E-state index contributed by atoms with van der Waals surface area (Å²) in [6.07, 6.45) is 18.6. The number of carbonyl (C=O) groups is 1. The Kier molecular flexibility index (Phi) is 12.6. The van der Waals surface area contributed by atoms with Crippen molar-refractivity contribution in [2.75, 3.05) is 5.32 Å². The Bertz CT molecular complexity index is 648. The zero-order chi connectivity index (χ0) is 21.4. The summed E-state index contributed by atoms with van der Waals surface area (Å²) in [6.45, 7) is 2.27. The second-order valence-electron chi connectivity index (χ2n) is 8.48. The van der Waals surface area contributed by atoms with E-state index in [-0.39, 0.29) is 0 Å². The Morgan fingerprint density at radius 2 is 1.70 bits per heavy atom. The molecule has 1 aliphatic rings. The average molecular weight is 435 g/mol. The maximum atomic E-state index is 12.1. The van der Waals surface area contributed by atoms with Gasteiger partial charge in [0.1, 0.15) is 0 Å². The van der Waals surface area contributed by atoms with Gasteiger partial charge in [-0.1, -0.05) is 106 Å². The minimum atomic E-state index is -0.584. The van der Waals surface area contributed by atoms with Crippen molar-refractivity contribution in [2.24, 2.45) is 11.1 Å². The van der Waals surface area contributed by atoms with Gasteiger partial charge in [0.2, 0.25) is 0 Å². The van der Waals surface area contributed by atoms with Crippen LogP contribution >= 0.6 is 11.6 Å². The molecule has 0 saturated heterocycles. The Morgan fingerprint density at radius 1 is 1.03 bits per heavy atom. The Hall–Kier alpha value is -1.55. The number of anilines is 1. The first-order valence-electron chi connectivity index (χ1n) is 12.0. The van der Waals surface area contributed by atoms with Crippen molar-refractivity contribution in [3.8, 4) is 0 Å². The molecule has 0 radical (unpaired) electrons. The second kappa shape index (κ2) is 15.3. The SMILES string of the molecule is CCCCCCCCCCCC[C@H]1CCCC/C1=N\OC(=O)Nc1ccccc1Cl. The molecule has 1 saturated carbocycles. The highest BCUT2D eigenvalue weighted by Crippen LogP contribution is 2.27. The number of rotatable bonds is 13. The van der Waals surface area contributed by atoms with Gasteiger partial charge in [0.25, 0.3) is 0 Å². The highest BCUT2D eigenvalue weighted by atomic mass is 35.5. The number of halogens is 1. The molecule has 0 bridgehead atoms. The van der Waals surface area contributed by atoms with Crippen LogP contribution in [0.4, 0.5) is 10.5 Å². The van der Waals surface area contributed by atoms with Crippen molar-refractivity contribution in [2.45, 2.75) is 103 Å². The van der Waals surface area contributed by atoms with Crippen molar-refractivity contribution in [3.63, 3.8) is 0 Å². The topological polar surface area (TPSA) is 50.7 Å². The number of nitrogens with zero attached hydrogens (tertiary/aromatic N) is 1. The lowest BCUT2D eigenvalue weighted by Crippen LogP contribution is -2.21. The van der Waals surface area contributed by atoms with E-state index in [0.29, 0.717) is 16.6 Å². The third kappa shape index (κ3) is 9.97. The van der Waals surface area contributed by atoms with Gasteiger partial charge in [-0.25, -0.2) is 4.79 Å². The van der Waals surface area contributed by atoms with Crippen molar-refractivity contribution in [1.29, 1.82) is 0 Å². The fraction of sp³-hybridized carbons (Fsp3) is 0.680. The van der Waals surface area contributed by atoms with Crippen molar-refractivity contribution in [3.05, 3.63) is 29.3 Å². The predicted molar refractivity (Wildman–Crippen MR) is 127 cm³/mol. The minimum Gasteiger partial charge on any atom is -0.298 e. The summed E-state index contributed by atoms with van der Waals surface area (Å²) >= 11 is 6.07. The summed E-state index contributed by atoms with van der Waals surface area (Å²) in [5.41, 5.74) is 1.58. The third-order valence-corrected chi connectivity index (χ3v) is 6.30. The van der Waals surface area contributed by atoms with E-state index in [2.05, 4.69) is 17.4 Å². The van der Waals surface area contributed by atoms with Crippen LogP contribution in [0, 0.1) is 5.92 Å². The lowest BCUT2D eigenvalue weighted by Gasteiger charge is -2.23. The zero-order valence-electron chi connectivity index (χ0n) is 18.6. The Balaban J connectivity index is 1.64. The molecule has 5 heteroatoms. The fourth-order valence-electron chi connectivity index (χ4n) is 4.17. The van der Waals surface area contributed by atoms with Crippen LogP contribution in [-0.4, -0.2) is 11.8 Å². The highest BCUT2D eigenvalue weighted by molar-refractivity contribution is 6.33. The summed E-state index contributed by atoms with van der Waals surface area (Å²) < 4.78 is 0. The molecule has 0 aliphatic heterocycles. The summed E-state index contributed by atoms with van der Waals surface area (Å²) in [6, 6.07) is 7.11. The molecule has 168 valence electrons. The second-order valence-corrected chi connectivity index (χ2v) is 8.89. The summed E-state index contributed by atoms with van der Waals surface area (Å²) in [5.74, 6) is 0.459. The fourth-order valence-corrected chi connectivity index (χ4v) is 4.36. The van der Waals surface area contributed by atoms with E-state index in [1.165, 1.54) is 70.6 Å². The van der Waals surface area contributed by atoms with Gasteiger partial charge in [0.05, 0.1) is 16.4 Å². The number of hydrogen-bond acceptors (Lipinski definition) is 3. The molecule has 0 aromatic heterocycles. The molecule has 1 atom stereocenters. The molecule has 1 aliphatic carbocycles. The van der Waals surface area contributed by atoms with Crippen LogP contribution in [-0.2, 0) is 4.84 Å². The molecular formula is C25H39ClN2O2. The van der Waals surface area contributed by atoms with E-state index in [1.54, 1.807) is 12.1 Å². The molecule has 0 unspecified atom stereocenters. The average Bonchev–Trinajstić information content (AvgIpc) is 2.76. The van der Waals surface area contributed by atoms with E-state index < -0.39 is 6.09 Å². The van der Waals surface area contributed by atoms with Crippen LogP contribution in [0.5, 0.6) is 0 Å². The molecule has 1 fully saturated rings. The first kappa shape index (κ1) is 24.7. The molecule has 1 aromatic rings. The number of unbranched alkanes of at least 4 members (excludes halogenated alkanes) is 9. The van der Waals surface area contributed by atoms with Crippen LogP contribution in [0.15, 0.2) is 29.4 Å². The van der Waals surface area contributed by atoms with E-state index in [4.69, 9.17) is 16.4 Å². The van der Waals surface area contributed by atoms with Crippen molar-refractivity contribution >= 4 is 29.1 Å². The number of hydrogen-bond donors (Lipinski definition) is 1. The van der Waals surface area contributed by atoms with Crippen LogP contribution in [0.25, 0.3) is 0 Å². The van der Waals surface area contributed by atoms with Crippen molar-refractivity contribution < 1.29 is 9.63 Å². The van der Waals surface area contributed by atoms with E-state index in [9.17, 15) is 4.79 Å². The van der Waals surface area contributed by atoms with Gasteiger partial charge in [-0.2, -0.15) is 0 Å². The zero-order valence-corrected chi connectivity index (χ0v) is 19.4. The van der Waals surface area contributed by atoms with Gasteiger partial charge in [0.15, 0.2) is 0 Å². The van der Waals surface area contributed by atoms with E-state index in [0.717, 1.165) is 31.4 Å². The largest absolute Gasteiger partial charge is 0.437 e. The number of para-hydroxylation sites is 1. The first-order chi connectivity index (χ1) is 14.7. The van der Waals surface area contributed by atoms with E-state index in [1.807, 2.05) is 12.1 Å². The normalized spacial score (nSPS) is 17.8. The van der Waals surface area contributed by atoms with Crippen LogP contribution < -0.4 is 5.32 Å². The van der Waals surface area contributed by atoms with Crippen LogP contribution in [0.3, 0.4) is 0 Å². The van der Waals surface area contributed by atoms with E-state index >= 15 is 0 Å². The standard InChI is InChI=1S/C25H39ClN2O2/c1-2-3-4-5-6-7-8-9-10-11-16-21-17-12-14-19-23(21)28-30-25(29)27-24-20-15-13-18-22(24)26/h13,15,18,20-21H,2-12,14,16-17,19H2,1H3,(H,27,29)/b28-23+/t21-/m0/s1. The molecule has 2 rings (SSSR count). The minimum absolute atomic E-state index is 0.459. The van der Waals surface area contributed by atoms with Crippen LogP contribution in [0.1, 0.15) is 103 Å². The van der Waals surface area contributed by atoms with Gasteiger partial charge < -0.3 is 0 Å². The molecule has 0 heterocycles. The van der Waals surface area contributed by atoms with Gasteiger partial charge in [0, 0.05) is 5.92 Å². The quantitative estimate of drug-likeness (QED) is 0.191. The number of nitrogens with one attached hydrogen (secondary N) is 1. The maximum Gasteiger partial charge on any atom is 0.437 e. The third-order valence-electron chi connectivity index (χ3n) is 5.97. The summed E-state index contributed by atoms with van der Waals surface area (Å²) in [7, 11) is 0. The number of carbonyl (C=O) groups excluding carboxylic acids is 1. The molecule has 1 N–H and O–H groups in total. The molecule has 30 heavy (non-hydrogen) atoms. The maximum absolute atomic E-state index is 12.1. The van der Waals surface area contributed by atoms with Crippen molar-refractivity contribution in [1.82, 2.24) is 0 Å². The molecular weight excluding hydrogens is 396 g/mol. The molecule has 1 aromatic carbocycles. The van der Waals surface area contributed by atoms with Crippen LogP contribution in [0.2, 0.25) is 5.02 Å². The Labute approximate surface area is 187 Å². The molecule has 4 nitrogen and oxygen atoms in total. The predicted octanol–water partition coefficient (Wildman–Crippen LogP) is 8.75. The monoisotopic (exact) mass is 434 g/mol. The molecule has 1 amide bonds. The molecule has 0 spiro atoms. The lowest BCUT2D eigenvalue weighted by atomic mass is 9.84. The summed E-state index contributed by atoms with van der Waals surface area (Å²) in [5, 5.41) is 7.35. The van der Waals surface area contributed by atoms with Gasteiger partial charge in [-0.05, 0) is 37.8 Å². The Morgan fingerprint density at radius 3 is 2.40 bits per heavy atom. The smallest absolute Gasteiger partial charge is 0.298 e. The highest BCUT2D eigenvalue weighted by Gasteiger charge is 2.21. The number of benzene rings is 1. The number of amides is 1. The first-order valence-corrected chi connectivity index (χ1v) is 12.4. The number of oxime groups is 1. The lowest BCUT2D eigenvalue weighted by molar-refractivity contribution is 0.164.